The van der Waals surface area contributed by atoms with Gasteiger partial charge in [-0.25, -0.2) is 14.4 Å². The Morgan fingerprint density at radius 3 is 2.96 bits per heavy atom. The lowest BCUT2D eigenvalue weighted by Gasteiger charge is -2.05. The van der Waals surface area contributed by atoms with Gasteiger partial charge in [0.1, 0.15) is 11.6 Å². The third-order valence-electron chi connectivity index (χ3n) is 3.42. The van der Waals surface area contributed by atoms with Crippen LogP contribution in [-0.2, 0) is 23.4 Å². The Labute approximate surface area is 163 Å². The van der Waals surface area contributed by atoms with Gasteiger partial charge in [0.05, 0.1) is 28.8 Å². The summed E-state index contributed by atoms with van der Waals surface area (Å²) in [5.74, 6) is 1.22. The van der Waals surface area contributed by atoms with Gasteiger partial charge < -0.3 is 9.73 Å². The lowest BCUT2D eigenvalue weighted by molar-refractivity contribution is -0.115. The molecular weight excluding hydrogens is 397 g/mol. The van der Waals surface area contributed by atoms with E-state index in [1.54, 1.807) is 18.5 Å². The van der Waals surface area contributed by atoms with Gasteiger partial charge in [0.15, 0.2) is 5.13 Å². The summed E-state index contributed by atoms with van der Waals surface area (Å²) >= 11 is 8.80. The van der Waals surface area contributed by atoms with Crippen LogP contribution in [0.5, 0.6) is 0 Å². The summed E-state index contributed by atoms with van der Waals surface area (Å²) in [6.45, 7) is 2.00. The molecule has 5 nitrogen and oxygen atoms in total. The van der Waals surface area contributed by atoms with Gasteiger partial charge in [0, 0.05) is 17.0 Å². The van der Waals surface area contributed by atoms with Crippen LogP contribution < -0.4 is 5.32 Å². The average molecular weight is 412 g/mol. The van der Waals surface area contributed by atoms with Crippen molar-refractivity contribution in [2.45, 2.75) is 29.7 Å². The fourth-order valence-corrected chi connectivity index (χ4v) is 4.09. The number of nitrogens with zero attached hydrogens (tertiary/aromatic N) is 2. The van der Waals surface area contributed by atoms with E-state index in [1.807, 2.05) is 6.92 Å². The van der Waals surface area contributed by atoms with Crippen LogP contribution in [-0.4, -0.2) is 15.9 Å². The molecule has 0 fully saturated rings. The van der Waals surface area contributed by atoms with E-state index in [0.29, 0.717) is 16.8 Å². The number of hydrogen-bond donors (Lipinski definition) is 1. The summed E-state index contributed by atoms with van der Waals surface area (Å²) in [5, 5.41) is 3.35. The number of aryl methyl sites for hydroxylation is 1. The predicted molar refractivity (Wildman–Crippen MR) is 101 cm³/mol. The lowest BCUT2D eigenvalue weighted by Crippen LogP contribution is -2.15. The number of anilines is 1. The third kappa shape index (κ3) is 4.84. The van der Waals surface area contributed by atoms with E-state index in [0.717, 1.165) is 16.4 Å². The molecule has 9 heteroatoms. The van der Waals surface area contributed by atoms with Gasteiger partial charge in [-0.15, -0.1) is 11.8 Å². The quantitative estimate of drug-likeness (QED) is 0.556. The molecular formula is C17H15ClFN3O2S2. The minimum absolute atomic E-state index is 0.149. The summed E-state index contributed by atoms with van der Waals surface area (Å²) in [6.07, 6.45) is 4.05. The highest BCUT2D eigenvalue weighted by molar-refractivity contribution is 8.00. The minimum atomic E-state index is -0.500. The molecule has 0 radical (unpaired) electrons. The van der Waals surface area contributed by atoms with Crippen LogP contribution in [0.2, 0.25) is 5.02 Å². The first-order chi connectivity index (χ1) is 12.5. The first-order valence-corrected chi connectivity index (χ1v) is 9.98. The van der Waals surface area contributed by atoms with Crippen molar-refractivity contribution in [3.05, 3.63) is 58.6 Å². The smallest absolute Gasteiger partial charge is 0.230 e. The summed E-state index contributed by atoms with van der Waals surface area (Å²) < 4.78 is 20.2. The molecule has 0 spiro atoms. The summed E-state index contributed by atoms with van der Waals surface area (Å²) in [6, 6.07) is 4.33. The topological polar surface area (TPSA) is 68.0 Å². The van der Waals surface area contributed by atoms with E-state index in [4.69, 9.17) is 16.0 Å². The largest absolute Gasteiger partial charge is 0.445 e. The molecule has 1 amide bonds. The second-order valence-corrected chi connectivity index (χ2v) is 7.99. The van der Waals surface area contributed by atoms with Crippen molar-refractivity contribution in [1.82, 2.24) is 9.97 Å². The van der Waals surface area contributed by atoms with Crippen LogP contribution in [0.1, 0.15) is 24.1 Å². The number of carbonyl (C=O) groups is 1. The fraction of sp³-hybridized carbons (Fsp3) is 0.235. The van der Waals surface area contributed by atoms with E-state index in [9.17, 15) is 9.18 Å². The molecule has 1 N–H and O–H groups in total. The Morgan fingerprint density at radius 1 is 1.38 bits per heavy atom. The molecule has 0 saturated carbocycles. The van der Waals surface area contributed by atoms with E-state index in [-0.39, 0.29) is 22.9 Å². The SMILES string of the molecule is CCc1cnc(CSc2cnc(NC(=O)Cc3c(F)cccc3Cl)s2)o1. The molecule has 0 aliphatic rings. The van der Waals surface area contributed by atoms with Gasteiger partial charge in [-0.3, -0.25) is 4.79 Å². The highest BCUT2D eigenvalue weighted by Crippen LogP contribution is 2.31. The number of halogens is 2. The molecule has 26 heavy (non-hydrogen) atoms. The molecule has 1 aromatic carbocycles. The van der Waals surface area contributed by atoms with Crippen LogP contribution >= 0.6 is 34.7 Å². The second-order valence-electron chi connectivity index (χ2n) is 5.27. The number of carbonyl (C=O) groups excluding carboxylic acids is 1. The Morgan fingerprint density at radius 2 is 2.23 bits per heavy atom. The average Bonchev–Trinajstić information content (AvgIpc) is 3.25. The van der Waals surface area contributed by atoms with Gasteiger partial charge >= 0.3 is 0 Å². The summed E-state index contributed by atoms with van der Waals surface area (Å²) in [4.78, 5) is 20.5. The molecule has 2 heterocycles. The van der Waals surface area contributed by atoms with Crippen LogP contribution in [0.25, 0.3) is 0 Å². The number of rotatable bonds is 7. The number of amides is 1. The van der Waals surface area contributed by atoms with Crippen molar-refractivity contribution in [3.63, 3.8) is 0 Å². The number of nitrogens with one attached hydrogen (secondary N) is 1. The number of aromatic nitrogens is 2. The minimum Gasteiger partial charge on any atom is -0.445 e. The number of hydrogen-bond acceptors (Lipinski definition) is 6. The number of thioether (sulfide) groups is 1. The molecule has 136 valence electrons. The van der Waals surface area contributed by atoms with Crippen LogP contribution in [0, 0.1) is 5.82 Å². The van der Waals surface area contributed by atoms with Crippen LogP contribution in [0.3, 0.4) is 0 Å². The van der Waals surface area contributed by atoms with E-state index in [1.165, 1.54) is 35.2 Å². The first kappa shape index (κ1) is 18.9. The molecule has 0 aliphatic heterocycles. The number of oxazole rings is 1. The maximum atomic E-state index is 13.7. The molecule has 0 aliphatic carbocycles. The van der Waals surface area contributed by atoms with E-state index < -0.39 is 5.82 Å². The lowest BCUT2D eigenvalue weighted by atomic mass is 10.1. The maximum absolute atomic E-state index is 13.7. The zero-order valence-corrected chi connectivity index (χ0v) is 16.2. The Balaban J connectivity index is 1.55. The zero-order valence-electron chi connectivity index (χ0n) is 13.8. The second kappa shape index (κ2) is 8.66. The van der Waals surface area contributed by atoms with Crippen molar-refractivity contribution in [2.75, 3.05) is 5.32 Å². The maximum Gasteiger partial charge on any atom is 0.230 e. The molecule has 0 atom stereocenters. The molecule has 3 aromatic rings. The van der Waals surface area contributed by atoms with Gasteiger partial charge in [-0.1, -0.05) is 35.9 Å². The van der Waals surface area contributed by atoms with Crippen molar-refractivity contribution in [1.29, 1.82) is 0 Å². The van der Waals surface area contributed by atoms with Gasteiger partial charge in [-0.05, 0) is 12.1 Å². The normalized spacial score (nSPS) is 10.9. The highest BCUT2D eigenvalue weighted by Gasteiger charge is 2.14. The Bertz CT molecular complexity index is 893. The summed E-state index contributed by atoms with van der Waals surface area (Å²) in [7, 11) is 0. The monoisotopic (exact) mass is 411 g/mol. The number of benzene rings is 1. The standard InChI is InChI=1S/C17H15ClFN3O2S2/c1-2-10-7-20-15(24-10)9-25-16-8-21-17(26-16)22-14(23)6-11-12(18)4-3-5-13(11)19/h3-5,7-8H,2,6,9H2,1H3,(H,21,22,23). The Hall–Kier alpha value is -1.90. The fourth-order valence-electron chi connectivity index (χ4n) is 2.12. The van der Waals surface area contributed by atoms with Crippen LogP contribution in [0.15, 0.2) is 39.2 Å². The molecule has 0 bridgehead atoms. The van der Waals surface area contributed by atoms with Crippen LogP contribution in [0.4, 0.5) is 9.52 Å². The molecule has 3 rings (SSSR count). The van der Waals surface area contributed by atoms with E-state index in [2.05, 4.69) is 15.3 Å². The van der Waals surface area contributed by atoms with Gasteiger partial charge in [-0.2, -0.15) is 0 Å². The molecule has 2 aromatic heterocycles. The Kier molecular flexibility index (Phi) is 6.29. The summed E-state index contributed by atoms with van der Waals surface area (Å²) in [5.41, 5.74) is 0.174. The molecule has 0 saturated heterocycles. The zero-order chi connectivity index (χ0) is 18.5. The molecule has 0 unspecified atom stereocenters. The first-order valence-electron chi connectivity index (χ1n) is 7.80. The predicted octanol–water partition coefficient (Wildman–Crippen LogP) is 4.96. The van der Waals surface area contributed by atoms with Gasteiger partial charge in [0.2, 0.25) is 11.8 Å². The highest BCUT2D eigenvalue weighted by atomic mass is 35.5. The van der Waals surface area contributed by atoms with E-state index >= 15 is 0 Å². The van der Waals surface area contributed by atoms with Crippen molar-refractivity contribution in [3.8, 4) is 0 Å². The number of thiazole rings is 1. The van der Waals surface area contributed by atoms with Crippen molar-refractivity contribution >= 4 is 45.7 Å². The van der Waals surface area contributed by atoms with Crippen molar-refractivity contribution < 1.29 is 13.6 Å². The van der Waals surface area contributed by atoms with Gasteiger partial charge in [0.25, 0.3) is 0 Å². The third-order valence-corrected chi connectivity index (χ3v) is 5.86. The van der Waals surface area contributed by atoms with Crippen molar-refractivity contribution in [2.24, 2.45) is 0 Å².